The average Bonchev–Trinajstić information content (AvgIpc) is 2.97. The minimum absolute atomic E-state index is 0.114. The molecule has 0 atom stereocenters. The van der Waals surface area contributed by atoms with Crippen molar-refractivity contribution in [1.29, 1.82) is 0 Å². The molecule has 1 heterocycles. The molecule has 110 valence electrons. The molecular weight excluding hydrogens is 274 g/mol. The molecule has 0 aliphatic carbocycles. The second kappa shape index (κ2) is 6.13. The summed E-state index contributed by atoms with van der Waals surface area (Å²) in [6.07, 6.45) is 0.366. The zero-order valence-corrected chi connectivity index (χ0v) is 11.7. The molecule has 0 bridgehead atoms. The van der Waals surface area contributed by atoms with Crippen LogP contribution in [-0.4, -0.2) is 24.1 Å². The van der Waals surface area contributed by atoms with Crippen molar-refractivity contribution in [3.8, 4) is 17.1 Å². The lowest BCUT2D eigenvalue weighted by atomic mass is 10.1. The van der Waals surface area contributed by atoms with Crippen molar-refractivity contribution >= 4 is 17.6 Å². The Balaban J connectivity index is 2.41. The van der Waals surface area contributed by atoms with E-state index in [0.29, 0.717) is 29.2 Å². The molecular formula is C15H15NO5. The molecule has 0 saturated heterocycles. The van der Waals surface area contributed by atoms with Crippen molar-refractivity contribution in [2.75, 3.05) is 12.4 Å². The number of aromatic carboxylic acids is 1. The Labute approximate surface area is 121 Å². The van der Waals surface area contributed by atoms with Gasteiger partial charge in [0.1, 0.15) is 11.5 Å². The van der Waals surface area contributed by atoms with Crippen LogP contribution in [0.3, 0.4) is 0 Å². The molecule has 6 heteroatoms. The lowest BCUT2D eigenvalue weighted by Crippen LogP contribution is -2.09. The van der Waals surface area contributed by atoms with Gasteiger partial charge < -0.3 is 19.6 Å². The molecule has 1 aromatic carbocycles. The van der Waals surface area contributed by atoms with Gasteiger partial charge in [0.15, 0.2) is 0 Å². The Morgan fingerprint density at radius 1 is 1.29 bits per heavy atom. The number of hydrogen-bond donors (Lipinski definition) is 2. The minimum Gasteiger partial charge on any atom is -0.496 e. The van der Waals surface area contributed by atoms with Crippen molar-refractivity contribution in [1.82, 2.24) is 0 Å². The summed E-state index contributed by atoms with van der Waals surface area (Å²) >= 11 is 0. The fourth-order valence-electron chi connectivity index (χ4n) is 1.83. The second-order valence-corrected chi connectivity index (χ2v) is 4.29. The number of amides is 1. The lowest BCUT2D eigenvalue weighted by Gasteiger charge is -2.09. The summed E-state index contributed by atoms with van der Waals surface area (Å²) in [5.41, 5.74) is 1.16. The van der Waals surface area contributed by atoms with E-state index < -0.39 is 5.97 Å². The average molecular weight is 289 g/mol. The van der Waals surface area contributed by atoms with Crippen LogP contribution in [0, 0.1) is 0 Å². The van der Waals surface area contributed by atoms with Crippen LogP contribution in [0.4, 0.5) is 5.69 Å². The molecule has 2 rings (SSSR count). The first-order valence-electron chi connectivity index (χ1n) is 6.36. The molecule has 0 aliphatic rings. The first-order chi connectivity index (χ1) is 10.0. The Kier molecular flexibility index (Phi) is 4.27. The van der Waals surface area contributed by atoms with E-state index in [0.717, 1.165) is 0 Å². The smallest absolute Gasteiger partial charge is 0.371 e. The van der Waals surface area contributed by atoms with Gasteiger partial charge in [0.25, 0.3) is 0 Å². The van der Waals surface area contributed by atoms with Gasteiger partial charge in [-0.25, -0.2) is 4.79 Å². The summed E-state index contributed by atoms with van der Waals surface area (Å²) in [5.74, 6) is -0.532. The molecule has 6 nitrogen and oxygen atoms in total. The highest BCUT2D eigenvalue weighted by molar-refractivity contribution is 5.91. The number of furan rings is 1. The number of carboxylic acids is 1. The quantitative estimate of drug-likeness (QED) is 0.883. The van der Waals surface area contributed by atoms with Gasteiger partial charge in [-0.3, -0.25) is 4.79 Å². The zero-order chi connectivity index (χ0) is 15.4. The van der Waals surface area contributed by atoms with E-state index >= 15 is 0 Å². The Bertz CT molecular complexity index is 674. The highest BCUT2D eigenvalue weighted by Crippen LogP contribution is 2.33. The van der Waals surface area contributed by atoms with Gasteiger partial charge in [0, 0.05) is 12.1 Å². The third kappa shape index (κ3) is 3.22. The van der Waals surface area contributed by atoms with Crippen LogP contribution in [0.25, 0.3) is 11.3 Å². The van der Waals surface area contributed by atoms with Crippen molar-refractivity contribution in [3.05, 3.63) is 36.1 Å². The summed E-state index contributed by atoms with van der Waals surface area (Å²) in [6.45, 7) is 1.76. The van der Waals surface area contributed by atoms with E-state index in [9.17, 15) is 9.59 Å². The number of hydrogen-bond acceptors (Lipinski definition) is 4. The normalized spacial score (nSPS) is 10.2. The summed E-state index contributed by atoms with van der Waals surface area (Å²) in [6, 6.07) is 7.98. The highest BCUT2D eigenvalue weighted by Gasteiger charge is 2.15. The lowest BCUT2D eigenvalue weighted by molar-refractivity contribution is -0.115. The van der Waals surface area contributed by atoms with Gasteiger partial charge in [0.05, 0.1) is 12.7 Å². The highest BCUT2D eigenvalue weighted by atomic mass is 16.5. The van der Waals surface area contributed by atoms with Crippen LogP contribution >= 0.6 is 0 Å². The second-order valence-electron chi connectivity index (χ2n) is 4.29. The van der Waals surface area contributed by atoms with Gasteiger partial charge >= 0.3 is 5.97 Å². The third-order valence-electron chi connectivity index (χ3n) is 2.89. The van der Waals surface area contributed by atoms with Crippen molar-refractivity contribution < 1.29 is 23.8 Å². The molecule has 1 aromatic heterocycles. The van der Waals surface area contributed by atoms with Gasteiger partial charge in [0.2, 0.25) is 11.7 Å². The number of ether oxygens (including phenoxy) is 1. The maximum absolute atomic E-state index is 11.4. The molecule has 2 aromatic rings. The summed E-state index contributed by atoms with van der Waals surface area (Å²) < 4.78 is 10.5. The van der Waals surface area contributed by atoms with Gasteiger partial charge in [-0.2, -0.15) is 0 Å². The molecule has 1 amide bonds. The molecule has 2 N–H and O–H groups in total. The summed E-state index contributed by atoms with van der Waals surface area (Å²) in [4.78, 5) is 22.3. The maximum Gasteiger partial charge on any atom is 0.371 e. The summed E-state index contributed by atoms with van der Waals surface area (Å²) in [5, 5.41) is 11.6. The number of anilines is 1. The maximum atomic E-state index is 11.4. The van der Waals surface area contributed by atoms with Crippen molar-refractivity contribution in [3.63, 3.8) is 0 Å². The SMILES string of the molecule is CCC(=O)Nc1ccc(OC)c(-c2ccc(C(=O)O)o2)c1. The third-order valence-corrected chi connectivity index (χ3v) is 2.89. The predicted octanol–water partition coefficient (Wildman–Crippen LogP) is 3.00. The molecule has 0 saturated carbocycles. The van der Waals surface area contributed by atoms with Gasteiger partial charge in [-0.05, 0) is 30.3 Å². The molecule has 0 aliphatic heterocycles. The monoisotopic (exact) mass is 289 g/mol. The number of methoxy groups -OCH3 is 1. The van der Waals surface area contributed by atoms with E-state index in [4.69, 9.17) is 14.3 Å². The van der Waals surface area contributed by atoms with E-state index in [1.54, 1.807) is 31.2 Å². The van der Waals surface area contributed by atoms with Crippen LogP contribution in [0.15, 0.2) is 34.7 Å². The van der Waals surface area contributed by atoms with Crippen LogP contribution < -0.4 is 10.1 Å². The number of carbonyl (C=O) groups is 2. The van der Waals surface area contributed by atoms with Crippen molar-refractivity contribution in [2.45, 2.75) is 13.3 Å². The number of benzene rings is 1. The fourth-order valence-corrected chi connectivity index (χ4v) is 1.83. The Morgan fingerprint density at radius 3 is 2.62 bits per heavy atom. The van der Waals surface area contributed by atoms with Crippen LogP contribution in [0.2, 0.25) is 0 Å². The Hall–Kier alpha value is -2.76. The molecule has 0 radical (unpaired) electrons. The predicted molar refractivity (Wildman–Crippen MR) is 76.6 cm³/mol. The number of nitrogens with one attached hydrogen (secondary N) is 1. The molecule has 0 spiro atoms. The number of rotatable bonds is 5. The van der Waals surface area contributed by atoms with Crippen molar-refractivity contribution in [2.24, 2.45) is 0 Å². The topological polar surface area (TPSA) is 88.8 Å². The molecule has 21 heavy (non-hydrogen) atoms. The van der Waals surface area contributed by atoms with Crippen LogP contribution in [0.5, 0.6) is 5.75 Å². The first kappa shape index (κ1) is 14.6. The Morgan fingerprint density at radius 2 is 2.05 bits per heavy atom. The van der Waals surface area contributed by atoms with Crippen LogP contribution in [0.1, 0.15) is 23.9 Å². The van der Waals surface area contributed by atoms with E-state index in [-0.39, 0.29) is 11.7 Å². The number of carboxylic acid groups (broad SMARTS) is 1. The largest absolute Gasteiger partial charge is 0.496 e. The first-order valence-corrected chi connectivity index (χ1v) is 6.36. The van der Waals surface area contributed by atoms with Gasteiger partial charge in [-0.15, -0.1) is 0 Å². The van der Waals surface area contributed by atoms with E-state index in [1.165, 1.54) is 13.2 Å². The molecule has 0 unspecified atom stereocenters. The van der Waals surface area contributed by atoms with E-state index in [1.807, 2.05) is 0 Å². The standard InChI is InChI=1S/C15H15NO5/c1-3-14(17)16-9-4-5-11(20-2)10(8-9)12-6-7-13(21-12)15(18)19/h4-8H,3H2,1-2H3,(H,16,17)(H,18,19). The van der Waals surface area contributed by atoms with Gasteiger partial charge in [-0.1, -0.05) is 6.92 Å². The van der Waals surface area contributed by atoms with Crippen LogP contribution in [-0.2, 0) is 4.79 Å². The molecule has 0 fully saturated rings. The summed E-state index contributed by atoms with van der Waals surface area (Å²) in [7, 11) is 1.50. The van der Waals surface area contributed by atoms with E-state index in [2.05, 4.69) is 5.32 Å². The minimum atomic E-state index is -1.14. The zero-order valence-electron chi connectivity index (χ0n) is 11.7. The number of carbonyl (C=O) groups excluding carboxylic acids is 1. The fraction of sp³-hybridized carbons (Fsp3) is 0.200.